The number of aromatic amines is 2. The van der Waals surface area contributed by atoms with E-state index < -0.39 is 29.0 Å². The molecule has 168 valence electrons. The molecule has 0 saturated carbocycles. The Morgan fingerprint density at radius 2 is 1.47 bits per heavy atom. The number of fused-ring (bicyclic) bond motifs is 1. The van der Waals surface area contributed by atoms with E-state index in [-0.39, 0.29) is 39.3 Å². The third-order valence-electron chi connectivity index (χ3n) is 5.63. The van der Waals surface area contributed by atoms with Gasteiger partial charge in [0.2, 0.25) is 5.78 Å². The van der Waals surface area contributed by atoms with E-state index in [0.29, 0.717) is 10.9 Å². The number of para-hydroxylation sites is 1. The van der Waals surface area contributed by atoms with Crippen molar-refractivity contribution in [3.05, 3.63) is 113 Å². The molecule has 2 heterocycles. The number of anilines is 1. The monoisotopic (exact) mass is 459 g/mol. The fourth-order valence-electron chi connectivity index (χ4n) is 4.04. The van der Waals surface area contributed by atoms with Gasteiger partial charge in [-0.25, -0.2) is 13.2 Å². The molecule has 4 N–H and O–H groups in total. The summed E-state index contributed by atoms with van der Waals surface area (Å²) in [7, 11) is 0. The van der Waals surface area contributed by atoms with E-state index in [9.17, 15) is 22.8 Å². The summed E-state index contributed by atoms with van der Waals surface area (Å²) < 4.78 is 42.0. The summed E-state index contributed by atoms with van der Waals surface area (Å²) in [5.41, 5.74) is 6.77. The zero-order valence-corrected chi connectivity index (χ0v) is 17.5. The minimum Gasteiger partial charge on any atom is -0.385 e. The van der Waals surface area contributed by atoms with Crippen molar-refractivity contribution < 1.29 is 22.8 Å². The van der Waals surface area contributed by atoms with E-state index in [1.807, 2.05) is 0 Å². The molecule has 0 fully saturated rings. The quantitative estimate of drug-likeness (QED) is 0.235. The molecule has 0 saturated heterocycles. The minimum atomic E-state index is -1.66. The molecule has 5 rings (SSSR count). The third kappa shape index (κ3) is 3.36. The maximum absolute atomic E-state index is 14.2. The Morgan fingerprint density at radius 3 is 2.18 bits per heavy atom. The van der Waals surface area contributed by atoms with E-state index in [0.717, 1.165) is 12.1 Å². The Kier molecular flexibility index (Phi) is 5.05. The second-order valence-electron chi connectivity index (χ2n) is 7.69. The second kappa shape index (κ2) is 8.08. The van der Waals surface area contributed by atoms with E-state index in [1.54, 1.807) is 54.6 Å². The number of aromatic nitrogens is 2. The molecule has 2 aromatic heterocycles. The maximum atomic E-state index is 14.2. The van der Waals surface area contributed by atoms with Gasteiger partial charge >= 0.3 is 0 Å². The first-order valence-electron chi connectivity index (χ1n) is 10.2. The number of nitrogens with one attached hydrogen (secondary N) is 2. The lowest BCUT2D eigenvalue weighted by Gasteiger charge is -2.09. The second-order valence-corrected chi connectivity index (χ2v) is 7.69. The molecule has 0 unspecified atom stereocenters. The van der Waals surface area contributed by atoms with Gasteiger partial charge in [-0.15, -0.1) is 0 Å². The van der Waals surface area contributed by atoms with Gasteiger partial charge < -0.3 is 15.7 Å². The van der Waals surface area contributed by atoms with Gasteiger partial charge in [0, 0.05) is 33.8 Å². The van der Waals surface area contributed by atoms with E-state index in [4.69, 9.17) is 5.73 Å². The fourth-order valence-corrected chi connectivity index (χ4v) is 4.04. The molecule has 0 amide bonds. The van der Waals surface area contributed by atoms with Crippen molar-refractivity contribution in [3.8, 4) is 11.1 Å². The van der Waals surface area contributed by atoms with Crippen LogP contribution in [-0.4, -0.2) is 21.5 Å². The highest BCUT2D eigenvalue weighted by Gasteiger charge is 2.30. The Hall–Kier alpha value is -4.59. The first kappa shape index (κ1) is 21.3. The van der Waals surface area contributed by atoms with Crippen LogP contribution in [0.15, 0.2) is 72.9 Å². The number of carbonyl (C=O) groups excluding carboxylic acids is 2. The van der Waals surface area contributed by atoms with Crippen LogP contribution in [0.1, 0.15) is 32.0 Å². The van der Waals surface area contributed by atoms with Crippen LogP contribution < -0.4 is 5.73 Å². The number of hydrogen-bond acceptors (Lipinski definition) is 3. The lowest BCUT2D eigenvalue weighted by atomic mass is 9.92. The summed E-state index contributed by atoms with van der Waals surface area (Å²) in [6.45, 7) is 0. The van der Waals surface area contributed by atoms with Gasteiger partial charge in [-0.3, -0.25) is 9.59 Å². The molecular formula is C26H16F3N3O2. The van der Waals surface area contributed by atoms with Crippen LogP contribution in [0.3, 0.4) is 0 Å². The molecule has 34 heavy (non-hydrogen) atoms. The van der Waals surface area contributed by atoms with Crippen molar-refractivity contribution in [3.63, 3.8) is 0 Å². The molecule has 0 aliphatic rings. The van der Waals surface area contributed by atoms with Crippen LogP contribution >= 0.6 is 0 Å². The normalized spacial score (nSPS) is 11.1. The van der Waals surface area contributed by atoms with Gasteiger partial charge in [0.1, 0.15) is 5.82 Å². The van der Waals surface area contributed by atoms with Crippen molar-refractivity contribution in [1.82, 2.24) is 9.97 Å². The zero-order chi connectivity index (χ0) is 24.0. The van der Waals surface area contributed by atoms with Crippen LogP contribution in [0.5, 0.6) is 0 Å². The molecule has 0 aliphatic heterocycles. The number of nitrogens with two attached hydrogens (primary N) is 1. The summed E-state index contributed by atoms with van der Waals surface area (Å²) in [6, 6.07) is 16.6. The first-order valence-corrected chi connectivity index (χ1v) is 10.2. The third-order valence-corrected chi connectivity index (χ3v) is 5.63. The van der Waals surface area contributed by atoms with E-state index >= 15 is 0 Å². The molecule has 0 radical (unpaired) electrons. The standard InChI is InChI=1S/C26H16F3N3O2/c27-17-10-14(11-18(28)22(17)29)20-21(25(34)16-12-31-19-9-5-4-8-15(16)19)26(30)32-23(20)24(33)13-6-2-1-3-7-13/h1-12,31-32H,30H2. The van der Waals surface area contributed by atoms with Gasteiger partial charge in [0.05, 0.1) is 11.3 Å². The lowest BCUT2D eigenvalue weighted by molar-refractivity contribution is 0.103. The Balaban J connectivity index is 1.78. The highest BCUT2D eigenvalue weighted by atomic mass is 19.2. The topological polar surface area (TPSA) is 91.7 Å². The number of H-pyrrole nitrogens is 2. The van der Waals surface area contributed by atoms with Crippen LogP contribution in [0.2, 0.25) is 0 Å². The summed E-state index contributed by atoms with van der Waals surface area (Å²) >= 11 is 0. The fraction of sp³-hybridized carbons (Fsp3) is 0. The molecule has 0 aliphatic carbocycles. The Morgan fingerprint density at radius 1 is 0.824 bits per heavy atom. The van der Waals surface area contributed by atoms with Gasteiger partial charge in [-0.1, -0.05) is 48.5 Å². The highest BCUT2D eigenvalue weighted by molar-refractivity contribution is 6.24. The van der Waals surface area contributed by atoms with Gasteiger partial charge in [0.15, 0.2) is 23.2 Å². The van der Waals surface area contributed by atoms with Crippen molar-refractivity contribution in [1.29, 1.82) is 0 Å². The lowest BCUT2D eigenvalue weighted by Crippen LogP contribution is -2.07. The van der Waals surface area contributed by atoms with Gasteiger partial charge in [-0.05, 0) is 23.8 Å². The summed E-state index contributed by atoms with van der Waals surface area (Å²) in [5.74, 6) is -5.86. The molecule has 3 aromatic carbocycles. The number of ketones is 2. The minimum absolute atomic E-state index is 0.112. The number of carbonyl (C=O) groups is 2. The van der Waals surface area contributed by atoms with Crippen LogP contribution in [0, 0.1) is 17.5 Å². The summed E-state index contributed by atoms with van der Waals surface area (Å²) in [4.78, 5) is 32.7. The maximum Gasteiger partial charge on any atom is 0.209 e. The van der Waals surface area contributed by atoms with Crippen LogP contribution in [0.25, 0.3) is 22.0 Å². The Labute approximate surface area is 191 Å². The molecular weight excluding hydrogens is 443 g/mol. The SMILES string of the molecule is Nc1[nH]c(C(=O)c2ccccc2)c(-c2cc(F)c(F)c(F)c2)c1C(=O)c1c[nH]c2ccccc12. The van der Waals surface area contributed by atoms with Crippen LogP contribution in [-0.2, 0) is 0 Å². The molecule has 8 heteroatoms. The molecule has 0 spiro atoms. The van der Waals surface area contributed by atoms with Crippen molar-refractivity contribution >= 4 is 28.3 Å². The molecule has 5 nitrogen and oxygen atoms in total. The van der Waals surface area contributed by atoms with Gasteiger partial charge in [0.25, 0.3) is 0 Å². The van der Waals surface area contributed by atoms with Crippen LogP contribution in [0.4, 0.5) is 19.0 Å². The largest absolute Gasteiger partial charge is 0.385 e. The molecule has 5 aromatic rings. The zero-order valence-electron chi connectivity index (χ0n) is 17.5. The highest BCUT2D eigenvalue weighted by Crippen LogP contribution is 2.37. The number of hydrogen-bond donors (Lipinski definition) is 3. The average molecular weight is 459 g/mol. The smallest absolute Gasteiger partial charge is 0.209 e. The van der Waals surface area contributed by atoms with E-state index in [2.05, 4.69) is 9.97 Å². The first-order chi connectivity index (χ1) is 16.4. The number of nitrogen functional groups attached to an aromatic ring is 1. The van der Waals surface area contributed by atoms with Crippen molar-refractivity contribution in [2.75, 3.05) is 5.73 Å². The van der Waals surface area contributed by atoms with Crippen molar-refractivity contribution in [2.24, 2.45) is 0 Å². The Bertz CT molecular complexity index is 1560. The predicted molar refractivity (Wildman–Crippen MR) is 122 cm³/mol. The van der Waals surface area contributed by atoms with E-state index in [1.165, 1.54) is 6.20 Å². The predicted octanol–water partition coefficient (Wildman–Crippen LogP) is 5.62. The van der Waals surface area contributed by atoms with Crippen molar-refractivity contribution in [2.45, 2.75) is 0 Å². The number of halogens is 3. The summed E-state index contributed by atoms with van der Waals surface area (Å²) in [6.07, 6.45) is 1.49. The van der Waals surface area contributed by atoms with Gasteiger partial charge in [-0.2, -0.15) is 0 Å². The average Bonchev–Trinajstić information content (AvgIpc) is 3.43. The summed E-state index contributed by atoms with van der Waals surface area (Å²) in [5, 5.41) is 0.603. The molecule has 0 atom stereocenters. The number of rotatable bonds is 5. The number of benzene rings is 3. The molecule has 0 bridgehead atoms.